The van der Waals surface area contributed by atoms with Gasteiger partial charge in [-0.25, -0.2) is 4.98 Å². The molecule has 1 N–H and O–H groups in total. The number of aromatic nitrogens is 1. The molecular weight excluding hydrogens is 398 g/mol. The smallest absolute Gasteiger partial charge is 0.274 e. The van der Waals surface area contributed by atoms with E-state index in [-0.39, 0.29) is 17.4 Å². The Kier molecular flexibility index (Phi) is 7.07. The fourth-order valence-electron chi connectivity index (χ4n) is 3.58. The molecule has 5 heteroatoms. The number of carbonyl (C=O) groups is 1. The van der Waals surface area contributed by atoms with Crippen LogP contribution in [0, 0.1) is 0 Å². The molecule has 0 saturated carbocycles. The molecule has 0 bridgehead atoms. The lowest BCUT2D eigenvalue weighted by atomic mass is 9.87. The zero-order valence-corrected chi connectivity index (χ0v) is 20.3. The van der Waals surface area contributed by atoms with Gasteiger partial charge in [0.15, 0.2) is 11.5 Å². The summed E-state index contributed by atoms with van der Waals surface area (Å²) in [6.45, 7) is 10.7. The van der Waals surface area contributed by atoms with Crippen LogP contribution < -0.4 is 10.2 Å². The van der Waals surface area contributed by atoms with Crippen molar-refractivity contribution in [1.29, 1.82) is 0 Å². The quantitative estimate of drug-likeness (QED) is 0.476. The number of nitrogens with zero attached hydrogens (tertiary/aromatic N) is 2. The van der Waals surface area contributed by atoms with Gasteiger partial charge in [-0.15, -0.1) is 0 Å². The van der Waals surface area contributed by atoms with Crippen LogP contribution in [0.3, 0.4) is 0 Å². The SMILES string of the molecule is CCC(CC)NC(=O)c1nc(-c2ccc(C(C)(C)C)cc2)oc1-c1cccc(N(C)C)c1. The molecule has 0 aliphatic carbocycles. The van der Waals surface area contributed by atoms with E-state index in [2.05, 4.69) is 57.1 Å². The topological polar surface area (TPSA) is 58.4 Å². The molecule has 1 amide bonds. The van der Waals surface area contributed by atoms with Crippen LogP contribution in [0.5, 0.6) is 0 Å². The first-order chi connectivity index (χ1) is 15.1. The molecule has 1 aromatic heterocycles. The minimum atomic E-state index is -0.203. The van der Waals surface area contributed by atoms with Crippen molar-refractivity contribution in [3.8, 4) is 22.8 Å². The largest absolute Gasteiger partial charge is 0.435 e. The summed E-state index contributed by atoms with van der Waals surface area (Å²) in [5.74, 6) is 0.739. The van der Waals surface area contributed by atoms with E-state index >= 15 is 0 Å². The van der Waals surface area contributed by atoms with Crippen molar-refractivity contribution in [3.05, 3.63) is 59.8 Å². The summed E-state index contributed by atoms with van der Waals surface area (Å²) in [5.41, 5.74) is 4.33. The van der Waals surface area contributed by atoms with Crippen LogP contribution in [0.25, 0.3) is 22.8 Å². The highest BCUT2D eigenvalue weighted by atomic mass is 16.4. The Morgan fingerprint density at radius 3 is 2.25 bits per heavy atom. The first kappa shape index (κ1) is 23.6. The molecule has 2 aromatic carbocycles. The highest BCUT2D eigenvalue weighted by Gasteiger charge is 2.24. The van der Waals surface area contributed by atoms with Gasteiger partial charge in [0.1, 0.15) is 0 Å². The van der Waals surface area contributed by atoms with Gasteiger partial charge in [-0.05, 0) is 48.1 Å². The molecule has 0 saturated heterocycles. The molecule has 0 atom stereocenters. The van der Waals surface area contributed by atoms with Crippen molar-refractivity contribution >= 4 is 11.6 Å². The lowest BCUT2D eigenvalue weighted by molar-refractivity contribution is 0.0930. The lowest BCUT2D eigenvalue weighted by Gasteiger charge is -2.18. The summed E-state index contributed by atoms with van der Waals surface area (Å²) in [4.78, 5) is 19.8. The summed E-state index contributed by atoms with van der Waals surface area (Å²) >= 11 is 0. The minimum absolute atomic E-state index is 0.0628. The Morgan fingerprint density at radius 1 is 1.03 bits per heavy atom. The molecule has 5 nitrogen and oxygen atoms in total. The number of nitrogens with one attached hydrogen (secondary N) is 1. The average Bonchev–Trinajstić information content (AvgIpc) is 3.22. The predicted octanol–water partition coefficient (Wildman–Crippen LogP) is 6.29. The molecule has 0 unspecified atom stereocenters. The van der Waals surface area contributed by atoms with Gasteiger partial charge in [0, 0.05) is 37.0 Å². The number of hydrogen-bond acceptors (Lipinski definition) is 4. The van der Waals surface area contributed by atoms with Gasteiger partial charge in [-0.2, -0.15) is 0 Å². The average molecular weight is 434 g/mol. The maximum Gasteiger partial charge on any atom is 0.274 e. The van der Waals surface area contributed by atoms with Gasteiger partial charge in [0.05, 0.1) is 0 Å². The molecule has 32 heavy (non-hydrogen) atoms. The van der Waals surface area contributed by atoms with E-state index in [1.165, 1.54) is 5.56 Å². The van der Waals surface area contributed by atoms with Crippen molar-refractivity contribution in [2.75, 3.05) is 19.0 Å². The predicted molar refractivity (Wildman–Crippen MR) is 132 cm³/mol. The molecule has 0 radical (unpaired) electrons. The highest BCUT2D eigenvalue weighted by molar-refractivity contribution is 5.98. The third-order valence-electron chi connectivity index (χ3n) is 5.79. The van der Waals surface area contributed by atoms with Crippen molar-refractivity contribution in [2.24, 2.45) is 0 Å². The van der Waals surface area contributed by atoms with Crippen LogP contribution in [0.15, 0.2) is 52.9 Å². The van der Waals surface area contributed by atoms with Crippen LogP contribution in [0.1, 0.15) is 63.5 Å². The number of anilines is 1. The van der Waals surface area contributed by atoms with E-state index in [1.54, 1.807) is 0 Å². The fourth-order valence-corrected chi connectivity index (χ4v) is 3.58. The number of rotatable bonds is 7. The Labute approximate surface area is 191 Å². The molecule has 3 aromatic rings. The number of amides is 1. The zero-order valence-electron chi connectivity index (χ0n) is 20.3. The molecule has 0 fully saturated rings. The monoisotopic (exact) mass is 433 g/mol. The number of carbonyl (C=O) groups excluding carboxylic acids is 1. The van der Waals surface area contributed by atoms with E-state index in [9.17, 15) is 4.79 Å². The van der Waals surface area contributed by atoms with Crippen molar-refractivity contribution < 1.29 is 9.21 Å². The molecule has 0 spiro atoms. The van der Waals surface area contributed by atoms with Crippen LogP contribution >= 0.6 is 0 Å². The van der Waals surface area contributed by atoms with E-state index in [0.29, 0.717) is 17.3 Å². The zero-order chi connectivity index (χ0) is 23.5. The first-order valence-electron chi connectivity index (χ1n) is 11.3. The molecule has 3 rings (SSSR count). The summed E-state index contributed by atoms with van der Waals surface area (Å²) in [6.07, 6.45) is 1.74. The van der Waals surface area contributed by atoms with Gasteiger partial charge >= 0.3 is 0 Å². The fraction of sp³-hybridized carbons (Fsp3) is 0.407. The van der Waals surface area contributed by atoms with Gasteiger partial charge in [-0.3, -0.25) is 4.79 Å². The van der Waals surface area contributed by atoms with E-state index in [0.717, 1.165) is 29.7 Å². The standard InChI is InChI=1S/C27H35N3O2/c1-8-21(9-2)28-25(31)23-24(19-11-10-12-22(17-19)30(6)7)32-26(29-23)18-13-15-20(16-14-18)27(3,4)5/h10-17,21H,8-9H2,1-7H3,(H,28,31). The number of benzene rings is 2. The maximum atomic E-state index is 13.2. The first-order valence-corrected chi connectivity index (χ1v) is 11.3. The third-order valence-corrected chi connectivity index (χ3v) is 5.79. The van der Waals surface area contributed by atoms with Gasteiger partial charge in [0.25, 0.3) is 5.91 Å². The Bertz CT molecular complexity index is 1060. The molecule has 0 aliphatic heterocycles. The van der Waals surface area contributed by atoms with Crippen LogP contribution in [-0.4, -0.2) is 31.0 Å². The Balaban J connectivity index is 2.07. The molecule has 170 valence electrons. The lowest BCUT2D eigenvalue weighted by Crippen LogP contribution is -2.34. The normalized spacial score (nSPS) is 11.6. The van der Waals surface area contributed by atoms with Crippen LogP contribution in [0.2, 0.25) is 0 Å². The summed E-state index contributed by atoms with van der Waals surface area (Å²) in [5, 5.41) is 3.10. The van der Waals surface area contributed by atoms with Crippen LogP contribution in [-0.2, 0) is 5.41 Å². The summed E-state index contributed by atoms with van der Waals surface area (Å²) < 4.78 is 6.23. The van der Waals surface area contributed by atoms with E-state index in [4.69, 9.17) is 4.42 Å². The third kappa shape index (κ3) is 5.21. The molecule has 1 heterocycles. The molecular formula is C27H35N3O2. The Hall–Kier alpha value is -3.08. The second-order valence-electron chi connectivity index (χ2n) is 9.46. The van der Waals surface area contributed by atoms with Crippen molar-refractivity contribution in [1.82, 2.24) is 10.3 Å². The maximum absolute atomic E-state index is 13.2. The number of hydrogen-bond donors (Lipinski definition) is 1. The van der Waals surface area contributed by atoms with Gasteiger partial charge < -0.3 is 14.6 Å². The van der Waals surface area contributed by atoms with Gasteiger partial charge in [0.2, 0.25) is 5.89 Å². The van der Waals surface area contributed by atoms with Crippen molar-refractivity contribution in [2.45, 2.75) is 58.9 Å². The van der Waals surface area contributed by atoms with Gasteiger partial charge in [-0.1, -0.05) is 58.9 Å². The summed E-state index contributed by atoms with van der Waals surface area (Å²) in [7, 11) is 3.98. The molecule has 0 aliphatic rings. The second kappa shape index (κ2) is 9.60. The summed E-state index contributed by atoms with van der Waals surface area (Å²) in [6, 6.07) is 16.3. The van der Waals surface area contributed by atoms with E-state index in [1.807, 2.05) is 55.4 Å². The Morgan fingerprint density at radius 2 is 1.69 bits per heavy atom. The van der Waals surface area contributed by atoms with Crippen LogP contribution in [0.4, 0.5) is 5.69 Å². The van der Waals surface area contributed by atoms with Crippen molar-refractivity contribution in [3.63, 3.8) is 0 Å². The van der Waals surface area contributed by atoms with E-state index < -0.39 is 0 Å². The second-order valence-corrected chi connectivity index (χ2v) is 9.46. The minimum Gasteiger partial charge on any atom is -0.435 e. The highest BCUT2D eigenvalue weighted by Crippen LogP contribution is 2.33. The number of oxazole rings is 1.